The van der Waals surface area contributed by atoms with Gasteiger partial charge >= 0.3 is 0 Å². The molecule has 15 heavy (non-hydrogen) atoms. The van der Waals surface area contributed by atoms with Crippen molar-refractivity contribution >= 4 is 6.29 Å². The molecule has 0 aliphatic heterocycles. The summed E-state index contributed by atoms with van der Waals surface area (Å²) >= 11 is 0. The third-order valence-corrected chi connectivity index (χ3v) is 1.83. The molecule has 0 bridgehead atoms. The van der Waals surface area contributed by atoms with Crippen molar-refractivity contribution in [2.75, 3.05) is 20.5 Å². The van der Waals surface area contributed by atoms with Gasteiger partial charge in [0.2, 0.25) is 0 Å². The fraction of sp³-hybridized carbons (Fsp3) is 0.364. The van der Waals surface area contributed by atoms with Crippen LogP contribution in [0, 0.1) is 0 Å². The van der Waals surface area contributed by atoms with Gasteiger partial charge in [0, 0.05) is 12.2 Å². The molecule has 0 aliphatic rings. The van der Waals surface area contributed by atoms with Crippen LogP contribution in [0.5, 0.6) is 11.5 Å². The number of benzene rings is 1. The molecule has 1 rings (SSSR count). The van der Waals surface area contributed by atoms with E-state index < -0.39 is 0 Å². The lowest BCUT2D eigenvalue weighted by Gasteiger charge is -2.10. The topological polar surface area (TPSA) is 44.8 Å². The molecule has 0 fully saturated rings. The van der Waals surface area contributed by atoms with Gasteiger partial charge in [0.1, 0.15) is 6.29 Å². The highest BCUT2D eigenvalue weighted by atomic mass is 16.7. The molecule has 0 radical (unpaired) electrons. The van der Waals surface area contributed by atoms with Crippen molar-refractivity contribution in [3.05, 3.63) is 23.8 Å². The van der Waals surface area contributed by atoms with Crippen LogP contribution < -0.4 is 9.47 Å². The smallest absolute Gasteiger partial charge is 0.189 e. The van der Waals surface area contributed by atoms with Crippen LogP contribution >= 0.6 is 0 Å². The lowest BCUT2D eigenvalue weighted by atomic mass is 10.2. The van der Waals surface area contributed by atoms with Gasteiger partial charge in [-0.2, -0.15) is 0 Å². The summed E-state index contributed by atoms with van der Waals surface area (Å²) < 4.78 is 15.4. The molecule has 1 aromatic carbocycles. The van der Waals surface area contributed by atoms with Crippen molar-refractivity contribution in [1.29, 1.82) is 0 Å². The zero-order valence-corrected chi connectivity index (χ0v) is 8.86. The minimum Gasteiger partial charge on any atom is -0.493 e. The number of methoxy groups -OCH3 is 1. The van der Waals surface area contributed by atoms with E-state index in [9.17, 15) is 4.79 Å². The van der Waals surface area contributed by atoms with Crippen molar-refractivity contribution in [1.82, 2.24) is 0 Å². The Morgan fingerprint density at radius 3 is 2.73 bits per heavy atom. The number of rotatable bonds is 6. The Morgan fingerprint density at radius 1 is 1.33 bits per heavy atom. The molecule has 0 amide bonds. The summed E-state index contributed by atoms with van der Waals surface area (Å²) in [6.07, 6.45) is 0.759. The first-order chi connectivity index (χ1) is 7.31. The van der Waals surface area contributed by atoms with Gasteiger partial charge in [0.25, 0.3) is 0 Å². The summed E-state index contributed by atoms with van der Waals surface area (Å²) in [4.78, 5) is 10.5. The van der Waals surface area contributed by atoms with Gasteiger partial charge in [-0.05, 0) is 25.1 Å². The van der Waals surface area contributed by atoms with Crippen LogP contribution in [0.1, 0.15) is 17.3 Å². The molecule has 0 aliphatic carbocycles. The minimum absolute atomic E-state index is 0.174. The van der Waals surface area contributed by atoms with Gasteiger partial charge < -0.3 is 14.2 Å². The number of carbonyl (C=O) groups excluding carboxylic acids is 1. The van der Waals surface area contributed by atoms with Crippen LogP contribution in [-0.4, -0.2) is 26.8 Å². The van der Waals surface area contributed by atoms with Crippen molar-refractivity contribution in [2.45, 2.75) is 6.92 Å². The average molecular weight is 210 g/mol. The summed E-state index contributed by atoms with van der Waals surface area (Å²) in [6.45, 7) is 2.65. The highest BCUT2D eigenvalue weighted by molar-refractivity contribution is 5.76. The van der Waals surface area contributed by atoms with Gasteiger partial charge in [-0.25, -0.2) is 0 Å². The van der Waals surface area contributed by atoms with Crippen LogP contribution in [0.3, 0.4) is 0 Å². The van der Waals surface area contributed by atoms with Crippen LogP contribution in [0.4, 0.5) is 0 Å². The summed E-state index contributed by atoms with van der Waals surface area (Å²) in [7, 11) is 1.53. The molecular formula is C11H14O4. The lowest BCUT2D eigenvalue weighted by Crippen LogP contribution is -2.03. The molecule has 0 heterocycles. The van der Waals surface area contributed by atoms with Crippen molar-refractivity contribution in [3.63, 3.8) is 0 Å². The van der Waals surface area contributed by atoms with Crippen LogP contribution in [-0.2, 0) is 4.74 Å². The molecular weight excluding hydrogens is 196 g/mol. The second-order valence-electron chi connectivity index (χ2n) is 2.78. The van der Waals surface area contributed by atoms with Gasteiger partial charge in [0.15, 0.2) is 18.3 Å². The maximum Gasteiger partial charge on any atom is 0.189 e. The SMILES string of the molecule is CCOCOc1ccc(C=O)cc1OC. The van der Waals surface area contributed by atoms with E-state index in [-0.39, 0.29) is 6.79 Å². The molecule has 0 atom stereocenters. The van der Waals surface area contributed by atoms with E-state index in [2.05, 4.69) is 0 Å². The molecule has 0 spiro atoms. The molecule has 1 aromatic rings. The predicted molar refractivity (Wildman–Crippen MR) is 55.5 cm³/mol. The normalized spacial score (nSPS) is 9.73. The fourth-order valence-electron chi connectivity index (χ4n) is 1.07. The highest BCUT2D eigenvalue weighted by Crippen LogP contribution is 2.27. The Kier molecular flexibility index (Phi) is 4.63. The summed E-state index contributed by atoms with van der Waals surface area (Å²) in [6, 6.07) is 4.96. The van der Waals surface area contributed by atoms with E-state index in [0.717, 1.165) is 6.29 Å². The third kappa shape index (κ3) is 3.25. The Bertz CT molecular complexity index is 322. The number of carbonyl (C=O) groups is 1. The van der Waals surface area contributed by atoms with E-state index in [1.54, 1.807) is 18.2 Å². The minimum atomic E-state index is 0.174. The quantitative estimate of drug-likeness (QED) is 0.408. The second kappa shape index (κ2) is 6.03. The first kappa shape index (κ1) is 11.5. The van der Waals surface area contributed by atoms with E-state index in [0.29, 0.717) is 23.7 Å². The first-order valence-corrected chi connectivity index (χ1v) is 4.65. The van der Waals surface area contributed by atoms with E-state index in [4.69, 9.17) is 14.2 Å². The Hall–Kier alpha value is -1.55. The molecule has 4 heteroatoms. The van der Waals surface area contributed by atoms with Crippen LogP contribution in [0.25, 0.3) is 0 Å². The number of hydrogen-bond donors (Lipinski definition) is 0. The zero-order chi connectivity index (χ0) is 11.1. The Labute approximate surface area is 88.8 Å². The third-order valence-electron chi connectivity index (χ3n) is 1.83. The monoisotopic (exact) mass is 210 g/mol. The maximum atomic E-state index is 10.5. The maximum absolute atomic E-state index is 10.5. The van der Waals surface area contributed by atoms with Crippen molar-refractivity contribution in [2.24, 2.45) is 0 Å². The van der Waals surface area contributed by atoms with Crippen molar-refractivity contribution < 1.29 is 19.0 Å². The lowest BCUT2D eigenvalue weighted by molar-refractivity contribution is 0.0209. The van der Waals surface area contributed by atoms with Gasteiger partial charge in [-0.1, -0.05) is 0 Å². The Balaban J connectivity index is 2.73. The Morgan fingerprint density at radius 2 is 2.13 bits per heavy atom. The molecule has 0 saturated heterocycles. The number of ether oxygens (including phenoxy) is 3. The number of aldehydes is 1. The van der Waals surface area contributed by atoms with E-state index in [1.807, 2.05) is 6.92 Å². The summed E-state index contributed by atoms with van der Waals surface area (Å²) in [5.41, 5.74) is 0.551. The average Bonchev–Trinajstić information content (AvgIpc) is 2.29. The summed E-state index contributed by atoms with van der Waals surface area (Å²) in [5, 5.41) is 0. The first-order valence-electron chi connectivity index (χ1n) is 4.65. The highest BCUT2D eigenvalue weighted by Gasteiger charge is 2.04. The van der Waals surface area contributed by atoms with E-state index in [1.165, 1.54) is 7.11 Å². The van der Waals surface area contributed by atoms with Crippen molar-refractivity contribution in [3.8, 4) is 11.5 Å². The fourth-order valence-corrected chi connectivity index (χ4v) is 1.07. The molecule has 0 saturated carbocycles. The van der Waals surface area contributed by atoms with E-state index >= 15 is 0 Å². The van der Waals surface area contributed by atoms with Gasteiger partial charge in [-0.3, -0.25) is 4.79 Å². The summed E-state index contributed by atoms with van der Waals surface area (Å²) in [5.74, 6) is 1.09. The van der Waals surface area contributed by atoms with Crippen LogP contribution in [0.15, 0.2) is 18.2 Å². The number of hydrogen-bond acceptors (Lipinski definition) is 4. The molecule has 0 N–H and O–H groups in total. The predicted octanol–water partition coefficient (Wildman–Crippen LogP) is 1.88. The zero-order valence-electron chi connectivity index (χ0n) is 8.86. The van der Waals surface area contributed by atoms with Gasteiger partial charge in [-0.15, -0.1) is 0 Å². The molecule has 82 valence electrons. The van der Waals surface area contributed by atoms with Crippen LogP contribution in [0.2, 0.25) is 0 Å². The van der Waals surface area contributed by atoms with Gasteiger partial charge in [0.05, 0.1) is 7.11 Å². The molecule has 4 nitrogen and oxygen atoms in total. The molecule has 0 aromatic heterocycles. The molecule has 0 unspecified atom stereocenters. The second-order valence-corrected chi connectivity index (χ2v) is 2.78. The largest absolute Gasteiger partial charge is 0.493 e. The standard InChI is InChI=1S/C11H14O4/c1-3-14-8-15-10-5-4-9(7-12)6-11(10)13-2/h4-7H,3,8H2,1-2H3.